The maximum Gasteiger partial charge on any atom is 0.410 e. The summed E-state index contributed by atoms with van der Waals surface area (Å²) in [5, 5.41) is 17.2. The Hall–Kier alpha value is -7.30. The van der Waals surface area contributed by atoms with Crippen LogP contribution in [0.15, 0.2) is 35.4 Å². The fourth-order valence-electron chi connectivity index (χ4n) is 10.6. The first-order valence-electron chi connectivity index (χ1n) is 26.6. The molecule has 75 heavy (non-hydrogen) atoms. The van der Waals surface area contributed by atoms with Gasteiger partial charge < -0.3 is 29.7 Å². The number of hydrogen-bond donors (Lipinski definition) is 2. The van der Waals surface area contributed by atoms with Gasteiger partial charge in [-0.1, -0.05) is 32.9 Å². The van der Waals surface area contributed by atoms with E-state index in [-0.39, 0.29) is 49.3 Å². The number of piperidine rings is 2. The smallest absolute Gasteiger partial charge is 0.410 e. The topological polar surface area (TPSA) is 245 Å². The molecule has 5 amide bonds. The molecule has 1 aliphatic carbocycles. The van der Waals surface area contributed by atoms with Crippen molar-refractivity contribution in [3.8, 4) is 22.8 Å². The van der Waals surface area contributed by atoms with Crippen LogP contribution in [0.2, 0.25) is 0 Å². The molecule has 5 fully saturated rings. The normalized spacial score (nSPS) is 18.0. The highest BCUT2D eigenvalue weighted by molar-refractivity contribution is 6.09. The predicted octanol–water partition coefficient (Wildman–Crippen LogP) is 6.88. The standard InChI is InChI=1S/C48H57FN16O6.2C2H6/c1-27(2)65-46-37(43(50)53-26-54-46)39(56-65)40-36(42(71-58-40)30-4-5-30)44-51-22-31(23-52-44)29-10-15-63(16-11-29)48(69)70-25-35(67)62-13-8-28(9-14-62)24-60-18-20-61(21-19-60)33-7-6-32-41(38(33)49)59(3)57-45(32)64-17-12-34(66)55-47(64)68;2*1-2/h6-7,22-23,26-30H,4-5,8-21,24-25H2,1-3H3,(H2,50,53,54)(H,55,66,68);2*1-2H3. The van der Waals surface area contributed by atoms with Gasteiger partial charge in [0, 0.05) is 109 Å². The number of nitrogen functional groups attached to an aromatic ring is 1. The molecule has 1 saturated carbocycles. The summed E-state index contributed by atoms with van der Waals surface area (Å²) in [6, 6.07) is 2.99. The third-order valence-corrected chi connectivity index (χ3v) is 14.7. The Morgan fingerprint density at radius 3 is 2.20 bits per heavy atom. The first kappa shape index (κ1) is 52.6. The molecule has 4 aliphatic heterocycles. The number of nitrogens with zero attached hydrogens (tertiary/aromatic N) is 14. The van der Waals surface area contributed by atoms with E-state index in [2.05, 4.69) is 30.4 Å². The molecule has 6 aromatic rings. The van der Waals surface area contributed by atoms with Crippen LogP contribution >= 0.6 is 0 Å². The van der Waals surface area contributed by atoms with E-state index in [1.165, 1.54) is 15.9 Å². The number of nitrogens with two attached hydrogens (primary N) is 1. The number of rotatable bonds is 11. The second-order valence-electron chi connectivity index (χ2n) is 19.7. The minimum absolute atomic E-state index is 0.0133. The molecule has 23 heteroatoms. The predicted molar refractivity (Wildman–Crippen MR) is 280 cm³/mol. The van der Waals surface area contributed by atoms with E-state index in [1.807, 2.05) is 63.5 Å². The van der Waals surface area contributed by atoms with Crippen molar-refractivity contribution in [1.29, 1.82) is 0 Å². The van der Waals surface area contributed by atoms with Gasteiger partial charge in [0.1, 0.15) is 29.0 Å². The van der Waals surface area contributed by atoms with Gasteiger partial charge in [0.2, 0.25) is 5.91 Å². The van der Waals surface area contributed by atoms with Gasteiger partial charge in [-0.15, -0.1) is 0 Å². The van der Waals surface area contributed by atoms with E-state index in [0.29, 0.717) is 120 Å². The molecule has 400 valence electrons. The minimum Gasteiger partial charge on any atom is -0.439 e. The summed E-state index contributed by atoms with van der Waals surface area (Å²) in [4.78, 5) is 78.2. The van der Waals surface area contributed by atoms with Crippen molar-refractivity contribution in [1.82, 2.24) is 64.7 Å². The summed E-state index contributed by atoms with van der Waals surface area (Å²) in [5.74, 6) is 1.70. The number of likely N-dealkylation sites (tertiary alicyclic amines) is 2. The van der Waals surface area contributed by atoms with E-state index < -0.39 is 17.9 Å². The molecular weight excluding hydrogens is 964 g/mol. The van der Waals surface area contributed by atoms with Crippen molar-refractivity contribution >= 4 is 63.2 Å². The lowest BCUT2D eigenvalue weighted by Gasteiger charge is -2.39. The molecule has 0 spiro atoms. The van der Waals surface area contributed by atoms with Gasteiger partial charge in [0.15, 0.2) is 35.5 Å². The molecule has 4 saturated heterocycles. The van der Waals surface area contributed by atoms with Crippen molar-refractivity contribution in [3.05, 3.63) is 48.0 Å². The monoisotopic (exact) mass is 1030 g/mol. The first-order chi connectivity index (χ1) is 36.4. The second kappa shape index (κ2) is 22.7. The van der Waals surface area contributed by atoms with Crippen LogP contribution in [0, 0.1) is 11.7 Å². The van der Waals surface area contributed by atoms with Crippen LogP contribution < -0.4 is 20.9 Å². The number of benzene rings is 1. The Bertz CT molecular complexity index is 3020. The quantitative estimate of drug-likeness (QED) is 0.134. The van der Waals surface area contributed by atoms with E-state index in [0.717, 1.165) is 56.6 Å². The fourth-order valence-corrected chi connectivity index (χ4v) is 10.6. The van der Waals surface area contributed by atoms with Crippen LogP contribution in [0.5, 0.6) is 0 Å². The van der Waals surface area contributed by atoms with Gasteiger partial charge in [0.25, 0.3) is 5.91 Å². The van der Waals surface area contributed by atoms with Crippen LogP contribution in [0.4, 0.5) is 31.3 Å². The van der Waals surface area contributed by atoms with E-state index in [9.17, 15) is 19.2 Å². The SMILES string of the molecule is CC.CC.CC(C)n1nc(-c2noc(C3CC3)c2-c2ncc(C3CCN(C(=O)OCC(=O)N4CCC(CN5CCN(c6ccc7c(N8CCC(=O)NC8=O)nn(C)c7c6F)CC5)CC4)CC3)cn2)c2c(N)ncnc21. The van der Waals surface area contributed by atoms with Crippen molar-refractivity contribution < 1.29 is 32.8 Å². The number of halogens is 1. The Kier molecular flexibility index (Phi) is 15.9. The zero-order chi connectivity index (χ0) is 53.1. The number of hydrogen-bond acceptors (Lipinski definition) is 16. The summed E-state index contributed by atoms with van der Waals surface area (Å²) in [7, 11) is 1.65. The highest BCUT2D eigenvalue weighted by atomic mass is 19.1. The van der Waals surface area contributed by atoms with E-state index >= 15 is 4.39 Å². The number of ether oxygens (including phenoxy) is 1. The number of carbonyl (C=O) groups is 4. The molecule has 0 atom stereocenters. The fraction of sp³-hybridized carbons (Fsp3) is 0.558. The molecule has 11 rings (SSSR count). The highest BCUT2D eigenvalue weighted by Gasteiger charge is 2.37. The van der Waals surface area contributed by atoms with Gasteiger partial charge in [-0.3, -0.25) is 29.4 Å². The summed E-state index contributed by atoms with van der Waals surface area (Å²) < 4.78 is 30.9. The summed E-state index contributed by atoms with van der Waals surface area (Å²) in [6.45, 7) is 17.8. The zero-order valence-electron chi connectivity index (χ0n) is 44.1. The maximum absolute atomic E-state index is 16.1. The number of piperazine rings is 1. The van der Waals surface area contributed by atoms with Crippen LogP contribution in [0.1, 0.15) is 116 Å². The second-order valence-corrected chi connectivity index (χ2v) is 19.7. The van der Waals surface area contributed by atoms with Gasteiger partial charge in [-0.25, -0.2) is 38.6 Å². The molecule has 1 aromatic carbocycles. The Morgan fingerprint density at radius 2 is 1.53 bits per heavy atom. The van der Waals surface area contributed by atoms with E-state index in [1.54, 1.807) is 29.0 Å². The third-order valence-electron chi connectivity index (χ3n) is 14.7. The number of amides is 5. The minimum atomic E-state index is -0.562. The third kappa shape index (κ3) is 10.7. The summed E-state index contributed by atoms with van der Waals surface area (Å²) in [5.41, 5.74) is 10.5. The van der Waals surface area contributed by atoms with Crippen molar-refractivity contribution in [2.75, 3.05) is 87.6 Å². The van der Waals surface area contributed by atoms with Gasteiger partial charge >= 0.3 is 12.1 Å². The zero-order valence-corrected chi connectivity index (χ0v) is 44.1. The van der Waals surface area contributed by atoms with Gasteiger partial charge in [-0.05, 0) is 81.9 Å². The van der Waals surface area contributed by atoms with Crippen LogP contribution in [-0.4, -0.2) is 155 Å². The number of carbonyl (C=O) groups excluding carboxylic acids is 4. The molecule has 5 aliphatic rings. The lowest BCUT2D eigenvalue weighted by Crippen LogP contribution is -2.50. The molecule has 5 aromatic heterocycles. The molecule has 0 radical (unpaired) electrons. The van der Waals surface area contributed by atoms with Crippen LogP contribution in [0.25, 0.3) is 44.7 Å². The number of nitrogens with one attached hydrogen (secondary N) is 1. The maximum atomic E-state index is 16.1. The average molecular weight is 1030 g/mol. The Labute approximate surface area is 435 Å². The summed E-state index contributed by atoms with van der Waals surface area (Å²) in [6.07, 6.45) is 9.85. The molecular formula is C52H69FN16O6. The van der Waals surface area contributed by atoms with Gasteiger partial charge in [0.05, 0.1) is 16.6 Å². The largest absolute Gasteiger partial charge is 0.439 e. The molecule has 0 unspecified atom stereocenters. The average Bonchev–Trinajstić information content (AvgIpc) is 3.95. The lowest BCUT2D eigenvalue weighted by atomic mass is 9.91. The molecule has 9 heterocycles. The molecule has 3 N–H and O–H groups in total. The number of fused-ring (bicyclic) bond motifs is 2. The summed E-state index contributed by atoms with van der Waals surface area (Å²) >= 11 is 0. The lowest BCUT2D eigenvalue weighted by molar-refractivity contribution is -0.136. The number of imide groups is 1. The van der Waals surface area contributed by atoms with Crippen LogP contribution in [0.3, 0.4) is 0 Å². The Balaban J connectivity index is 0.00000168. The molecule has 0 bridgehead atoms. The van der Waals surface area contributed by atoms with Crippen LogP contribution in [-0.2, 0) is 21.4 Å². The highest BCUT2D eigenvalue weighted by Crippen LogP contribution is 2.48. The molecule has 22 nitrogen and oxygen atoms in total. The number of aryl methyl sites for hydroxylation is 1. The first-order valence-corrected chi connectivity index (χ1v) is 26.6. The van der Waals surface area contributed by atoms with E-state index in [4.69, 9.17) is 30.1 Å². The number of aromatic nitrogens is 9. The van der Waals surface area contributed by atoms with Crippen molar-refractivity contribution in [2.45, 2.75) is 104 Å². The number of anilines is 3. The number of urea groups is 1. The van der Waals surface area contributed by atoms with Gasteiger partial charge in [-0.2, -0.15) is 10.2 Å². The van der Waals surface area contributed by atoms with Crippen molar-refractivity contribution in [2.24, 2.45) is 13.0 Å². The van der Waals surface area contributed by atoms with Crippen molar-refractivity contribution in [3.63, 3.8) is 0 Å². The Morgan fingerprint density at radius 1 is 0.840 bits per heavy atom.